The number of hydrogen-bond acceptors (Lipinski definition) is 3. The van der Waals surface area contributed by atoms with Crippen LogP contribution in [0.3, 0.4) is 0 Å². The molecular weight excluding hydrogens is 338 g/mol. The van der Waals surface area contributed by atoms with E-state index in [0.29, 0.717) is 26.1 Å². The Balaban J connectivity index is 1.30. The van der Waals surface area contributed by atoms with Gasteiger partial charge in [0, 0.05) is 32.7 Å². The summed E-state index contributed by atoms with van der Waals surface area (Å²) in [6.45, 7) is 3.70. The molecule has 5 heteroatoms. The van der Waals surface area contributed by atoms with Crippen molar-refractivity contribution in [1.82, 2.24) is 15.5 Å². The minimum Gasteiger partial charge on any atom is -0.352 e. The second-order valence-corrected chi connectivity index (χ2v) is 8.35. The first kappa shape index (κ1) is 18.5. The van der Waals surface area contributed by atoms with Crippen LogP contribution in [0.2, 0.25) is 0 Å². The summed E-state index contributed by atoms with van der Waals surface area (Å²) in [5.74, 6) is 0.121. The van der Waals surface area contributed by atoms with Crippen molar-refractivity contribution in [2.45, 2.75) is 51.5 Å². The Morgan fingerprint density at radius 3 is 2.56 bits per heavy atom. The van der Waals surface area contributed by atoms with E-state index in [4.69, 9.17) is 0 Å². The first-order valence-electron chi connectivity index (χ1n) is 10.6. The van der Waals surface area contributed by atoms with Crippen LogP contribution in [0, 0.1) is 11.8 Å². The van der Waals surface area contributed by atoms with Gasteiger partial charge in [0.05, 0.1) is 11.8 Å². The Morgan fingerprint density at radius 2 is 1.74 bits per heavy atom. The molecule has 2 heterocycles. The van der Waals surface area contributed by atoms with Crippen LogP contribution in [0.25, 0.3) is 0 Å². The SMILES string of the molecule is O=C(NCc1ccc2c(c1)CCCC2)[C@H]1CNC[C@H](C(=O)N2CCCC2)C1. The molecule has 1 aliphatic carbocycles. The van der Waals surface area contributed by atoms with Gasteiger partial charge in [-0.25, -0.2) is 0 Å². The van der Waals surface area contributed by atoms with Crippen LogP contribution in [0.5, 0.6) is 0 Å². The Bertz CT molecular complexity index is 697. The van der Waals surface area contributed by atoms with E-state index in [9.17, 15) is 9.59 Å². The molecule has 0 unspecified atom stereocenters. The highest BCUT2D eigenvalue weighted by atomic mass is 16.2. The number of carbonyl (C=O) groups is 2. The van der Waals surface area contributed by atoms with E-state index in [2.05, 4.69) is 28.8 Å². The molecule has 0 bridgehead atoms. The van der Waals surface area contributed by atoms with Crippen molar-refractivity contribution in [2.24, 2.45) is 11.8 Å². The van der Waals surface area contributed by atoms with E-state index in [-0.39, 0.29) is 23.7 Å². The zero-order valence-electron chi connectivity index (χ0n) is 16.1. The van der Waals surface area contributed by atoms with Crippen LogP contribution in [-0.2, 0) is 29.0 Å². The number of hydrogen-bond donors (Lipinski definition) is 2. The minimum absolute atomic E-state index is 0.0589. The summed E-state index contributed by atoms with van der Waals surface area (Å²) < 4.78 is 0. The summed E-state index contributed by atoms with van der Waals surface area (Å²) in [6.07, 6.45) is 7.77. The molecule has 2 amide bonds. The predicted molar refractivity (Wildman–Crippen MR) is 105 cm³/mol. The number of fused-ring (bicyclic) bond motifs is 1. The number of aryl methyl sites for hydroxylation is 2. The van der Waals surface area contributed by atoms with E-state index in [0.717, 1.165) is 32.4 Å². The third-order valence-electron chi connectivity index (χ3n) is 6.37. The molecule has 1 aromatic carbocycles. The van der Waals surface area contributed by atoms with Gasteiger partial charge in [0.1, 0.15) is 0 Å². The average Bonchev–Trinajstić information content (AvgIpc) is 3.26. The fourth-order valence-corrected chi connectivity index (χ4v) is 4.76. The molecule has 0 radical (unpaired) electrons. The molecule has 2 aliphatic heterocycles. The first-order chi connectivity index (χ1) is 13.2. The summed E-state index contributed by atoms with van der Waals surface area (Å²) in [4.78, 5) is 27.3. The average molecular weight is 370 g/mol. The lowest BCUT2D eigenvalue weighted by Gasteiger charge is -2.31. The molecule has 4 rings (SSSR count). The van der Waals surface area contributed by atoms with Crippen LogP contribution in [0.15, 0.2) is 18.2 Å². The lowest BCUT2D eigenvalue weighted by Crippen LogP contribution is -2.48. The lowest BCUT2D eigenvalue weighted by molar-refractivity contribution is -0.136. The van der Waals surface area contributed by atoms with Crippen LogP contribution < -0.4 is 10.6 Å². The van der Waals surface area contributed by atoms with Gasteiger partial charge in [-0.2, -0.15) is 0 Å². The molecular formula is C22H31N3O2. The van der Waals surface area contributed by atoms with Crippen LogP contribution in [-0.4, -0.2) is 42.9 Å². The molecule has 1 aromatic rings. The summed E-state index contributed by atoms with van der Waals surface area (Å²) in [5, 5.41) is 6.40. The highest BCUT2D eigenvalue weighted by Crippen LogP contribution is 2.23. The third kappa shape index (κ3) is 4.34. The van der Waals surface area contributed by atoms with Gasteiger partial charge in [-0.05, 0) is 61.6 Å². The molecule has 27 heavy (non-hydrogen) atoms. The number of rotatable bonds is 4. The predicted octanol–water partition coefficient (Wildman–Crippen LogP) is 2.03. The van der Waals surface area contributed by atoms with Gasteiger partial charge < -0.3 is 15.5 Å². The first-order valence-corrected chi connectivity index (χ1v) is 10.6. The summed E-state index contributed by atoms with van der Waals surface area (Å²) in [6, 6.07) is 6.62. The van der Waals surface area contributed by atoms with Crippen LogP contribution in [0.4, 0.5) is 0 Å². The van der Waals surface area contributed by atoms with Crippen molar-refractivity contribution in [3.63, 3.8) is 0 Å². The molecule has 5 nitrogen and oxygen atoms in total. The van der Waals surface area contributed by atoms with Gasteiger partial charge in [-0.15, -0.1) is 0 Å². The summed E-state index contributed by atoms with van der Waals surface area (Å²) >= 11 is 0. The Labute approximate surface area is 161 Å². The molecule has 2 saturated heterocycles. The molecule has 2 N–H and O–H groups in total. The Morgan fingerprint density at radius 1 is 1.00 bits per heavy atom. The van der Waals surface area contributed by atoms with Crippen LogP contribution >= 0.6 is 0 Å². The largest absolute Gasteiger partial charge is 0.352 e. The van der Waals surface area contributed by atoms with Gasteiger partial charge in [0.25, 0.3) is 0 Å². The number of carbonyl (C=O) groups excluding carboxylic acids is 2. The highest BCUT2D eigenvalue weighted by molar-refractivity contribution is 5.83. The maximum Gasteiger partial charge on any atom is 0.226 e. The van der Waals surface area contributed by atoms with E-state index >= 15 is 0 Å². The molecule has 2 atom stereocenters. The number of nitrogens with one attached hydrogen (secondary N) is 2. The quantitative estimate of drug-likeness (QED) is 0.854. The second-order valence-electron chi connectivity index (χ2n) is 8.35. The fourth-order valence-electron chi connectivity index (χ4n) is 4.76. The van der Waals surface area contributed by atoms with E-state index in [1.165, 1.54) is 36.0 Å². The summed E-state index contributed by atoms with van der Waals surface area (Å²) in [7, 11) is 0. The molecule has 0 aromatic heterocycles. The topological polar surface area (TPSA) is 61.4 Å². The van der Waals surface area contributed by atoms with Crippen molar-refractivity contribution >= 4 is 11.8 Å². The highest BCUT2D eigenvalue weighted by Gasteiger charge is 2.33. The monoisotopic (exact) mass is 369 g/mol. The van der Waals surface area contributed by atoms with Gasteiger partial charge in [0.15, 0.2) is 0 Å². The molecule has 3 aliphatic rings. The number of amides is 2. The molecule has 2 fully saturated rings. The van der Waals surface area contributed by atoms with Crippen molar-refractivity contribution < 1.29 is 9.59 Å². The zero-order chi connectivity index (χ0) is 18.6. The normalized spacial score (nSPS) is 25.1. The van der Waals surface area contributed by atoms with Gasteiger partial charge in [-0.3, -0.25) is 9.59 Å². The smallest absolute Gasteiger partial charge is 0.226 e. The van der Waals surface area contributed by atoms with Crippen molar-refractivity contribution in [3.8, 4) is 0 Å². The minimum atomic E-state index is -0.118. The van der Waals surface area contributed by atoms with E-state index in [1.807, 2.05) is 4.90 Å². The van der Waals surface area contributed by atoms with Crippen molar-refractivity contribution in [3.05, 3.63) is 34.9 Å². The fraction of sp³-hybridized carbons (Fsp3) is 0.636. The molecule has 146 valence electrons. The number of nitrogens with zero attached hydrogens (tertiary/aromatic N) is 1. The second kappa shape index (κ2) is 8.42. The molecule has 0 spiro atoms. The lowest BCUT2D eigenvalue weighted by atomic mass is 9.88. The van der Waals surface area contributed by atoms with E-state index in [1.54, 1.807) is 0 Å². The number of benzene rings is 1. The van der Waals surface area contributed by atoms with Gasteiger partial charge in [0.2, 0.25) is 11.8 Å². The van der Waals surface area contributed by atoms with Gasteiger partial charge >= 0.3 is 0 Å². The van der Waals surface area contributed by atoms with Crippen LogP contribution in [0.1, 0.15) is 48.8 Å². The zero-order valence-corrected chi connectivity index (χ0v) is 16.1. The number of piperidine rings is 1. The maximum atomic E-state index is 12.7. The van der Waals surface area contributed by atoms with Crippen molar-refractivity contribution in [1.29, 1.82) is 0 Å². The van der Waals surface area contributed by atoms with E-state index < -0.39 is 0 Å². The third-order valence-corrected chi connectivity index (χ3v) is 6.37. The standard InChI is InChI=1S/C22H31N3O2/c26-21(24-13-16-7-8-17-5-1-2-6-18(17)11-16)19-12-20(15-23-14-19)22(27)25-9-3-4-10-25/h7-8,11,19-20,23H,1-6,9-10,12-15H2,(H,24,26)/t19-,20-/m1/s1. The Hall–Kier alpha value is -1.88. The maximum absolute atomic E-state index is 12.7. The molecule has 0 saturated carbocycles. The summed E-state index contributed by atoms with van der Waals surface area (Å²) in [5.41, 5.74) is 4.09. The Kier molecular flexibility index (Phi) is 5.77. The number of likely N-dealkylation sites (tertiary alicyclic amines) is 1. The van der Waals surface area contributed by atoms with Gasteiger partial charge in [-0.1, -0.05) is 18.2 Å². The van der Waals surface area contributed by atoms with Crippen molar-refractivity contribution in [2.75, 3.05) is 26.2 Å².